The number of aryl methyl sites for hydroxylation is 1. The molecule has 4 aromatic rings. The number of β-amino-alcohol motifs (C(OH)–C–C–N with tert-alkyl or cyclic N) is 1. The number of thiazole rings is 1. The molecule has 2 aromatic heterocycles. The SMILES string of the molecule is Cc1ncsc1-c1ccc([C@H](C)NC(=O)[C@@H]2C[C@@H](O)CN2C(=O)[C@@H](NC(=O)CCC(=O)NCCN(C)C2C[C@@H]3CN(CCC(=O)NCCCNc4cc(N5CCC6(CC5)CN(c5cc(F)c(CN7CCC(C)(C)CC7)cc5F)CC(=O)N6)ncn4)C[C@@H]3C2)C(C)(C)C)cc1. The van der Waals surface area contributed by atoms with Crippen LogP contribution in [0, 0.1) is 41.2 Å². The third kappa shape index (κ3) is 17.9. The molecule has 1 saturated carbocycles. The highest BCUT2D eigenvalue weighted by atomic mass is 32.1. The van der Waals surface area contributed by atoms with E-state index in [4.69, 9.17) is 0 Å². The average molecular weight is 1320 g/mol. The molecule has 6 aliphatic rings. The van der Waals surface area contributed by atoms with Crippen LogP contribution >= 0.6 is 11.3 Å². The van der Waals surface area contributed by atoms with Gasteiger partial charge in [-0.05, 0) is 119 Å². The van der Waals surface area contributed by atoms with Crippen molar-refractivity contribution in [2.24, 2.45) is 22.7 Å². The van der Waals surface area contributed by atoms with E-state index in [1.807, 2.05) is 70.5 Å². The molecule has 0 radical (unpaired) electrons. The first-order chi connectivity index (χ1) is 44.8. The normalized spacial score (nSPS) is 22.8. The van der Waals surface area contributed by atoms with Gasteiger partial charge >= 0.3 is 0 Å². The summed E-state index contributed by atoms with van der Waals surface area (Å²) in [6, 6.07) is 10.5. The number of hydrogen-bond donors (Lipinski definition) is 7. The third-order valence-corrected chi connectivity index (χ3v) is 21.5. The molecule has 7 heterocycles. The Hall–Kier alpha value is -6.93. The number of aliphatic hydroxyl groups is 1. The zero-order valence-corrected chi connectivity index (χ0v) is 57.0. The number of aromatic nitrogens is 3. The van der Waals surface area contributed by atoms with Gasteiger partial charge in [-0.25, -0.2) is 23.7 Å². The number of piperidine rings is 2. The van der Waals surface area contributed by atoms with E-state index >= 15 is 8.78 Å². The van der Waals surface area contributed by atoms with Gasteiger partial charge in [0.05, 0.1) is 46.0 Å². The summed E-state index contributed by atoms with van der Waals surface area (Å²) in [6.45, 7) is 22.2. The monoisotopic (exact) mass is 1320 g/mol. The summed E-state index contributed by atoms with van der Waals surface area (Å²) >= 11 is 1.57. The number of likely N-dealkylation sites (N-methyl/N-ethyl adjacent to an activating group) is 1. The number of halogens is 2. The molecule has 1 spiro atoms. The summed E-state index contributed by atoms with van der Waals surface area (Å²) in [5.74, 6) is -0.196. The van der Waals surface area contributed by atoms with Gasteiger partial charge in [-0.1, -0.05) is 58.9 Å². The minimum absolute atomic E-state index is 0.0242. The number of hydrogen-bond acceptors (Lipinski definition) is 17. The summed E-state index contributed by atoms with van der Waals surface area (Å²) in [5, 5.41) is 29.2. The van der Waals surface area contributed by atoms with Crippen molar-refractivity contribution in [1.29, 1.82) is 0 Å². The van der Waals surface area contributed by atoms with Crippen molar-refractivity contribution in [3.63, 3.8) is 0 Å². The Morgan fingerprint density at radius 2 is 1.50 bits per heavy atom. The molecular formula is C69H99F2N15O7S. The van der Waals surface area contributed by atoms with E-state index in [9.17, 15) is 33.9 Å². The van der Waals surface area contributed by atoms with Crippen molar-refractivity contribution in [1.82, 2.24) is 61.1 Å². The molecule has 5 aliphatic heterocycles. The molecule has 7 N–H and O–H groups in total. The Balaban J connectivity index is 0.571. The minimum Gasteiger partial charge on any atom is -0.391 e. The van der Waals surface area contributed by atoms with Crippen molar-refractivity contribution in [2.75, 3.05) is 114 Å². The quantitative estimate of drug-likeness (QED) is 0.0376. The summed E-state index contributed by atoms with van der Waals surface area (Å²) in [5.41, 5.74) is 4.07. The number of likely N-dealkylation sites (tertiary alicyclic amines) is 3. The lowest BCUT2D eigenvalue weighted by molar-refractivity contribution is -0.144. The molecule has 1 aliphatic carbocycles. The number of anilines is 3. The van der Waals surface area contributed by atoms with Crippen LogP contribution in [0.15, 0.2) is 54.3 Å². The van der Waals surface area contributed by atoms with Gasteiger partial charge in [0.25, 0.3) is 0 Å². The second kappa shape index (κ2) is 30.4. The van der Waals surface area contributed by atoms with Gasteiger partial charge in [0.2, 0.25) is 35.4 Å². The number of fused-ring (bicyclic) bond motifs is 1. The fraction of sp³-hybridized carbons (Fsp3) is 0.638. The number of benzene rings is 2. The van der Waals surface area contributed by atoms with Gasteiger partial charge < -0.3 is 61.5 Å². The Morgan fingerprint density at radius 1 is 0.809 bits per heavy atom. The maximum absolute atomic E-state index is 15.8. The standard InChI is InChI=1S/C69H99F2N15O7S/c1-44(46-10-12-47(13-11-46)63-45(2)77-43-94-63)78-65(92)56-33-52(87)39-86(56)66(93)64(67(3,4)5)79-61(90)15-14-59(88)74-23-29-81(8)51-30-48-36-83(37-49(48)31-51)24-16-60(89)73-22-9-21-72-57-35-58(76-42-75-57)84-27-19-69(20-28-84)41-85(40-62(91)80-69)55-34-53(70)50(32-54(55)71)38-82-25-17-68(6,7)18-26-82/h10-13,32,34-35,42-44,48-49,51-52,56,64,87H,9,14-31,33,36-41H2,1-8H3,(H,73,89)(H,74,88)(H,78,92)(H,79,90)(H,80,91)(H,72,75,76)/t44-,48-,49+,51?,52+,56-,64+/m0/s1. The number of aliphatic hydroxyl groups excluding tert-OH is 1. The smallest absolute Gasteiger partial charge is 0.246 e. The molecule has 22 nitrogen and oxygen atoms in total. The van der Waals surface area contributed by atoms with E-state index < -0.39 is 52.6 Å². The highest BCUT2D eigenvalue weighted by Gasteiger charge is 2.46. The van der Waals surface area contributed by atoms with Crippen LogP contribution in [0.3, 0.4) is 0 Å². The average Bonchev–Trinajstić information content (AvgIpc) is 0.841. The van der Waals surface area contributed by atoms with Crippen molar-refractivity contribution in [2.45, 2.75) is 161 Å². The number of carbonyl (C=O) groups excluding carboxylic acids is 6. The van der Waals surface area contributed by atoms with Gasteiger partial charge in [-0.3, -0.25) is 33.7 Å². The predicted octanol–water partition coefficient (Wildman–Crippen LogP) is 6.00. The first kappa shape index (κ1) is 69.9. The first-order valence-corrected chi connectivity index (χ1v) is 34.8. The lowest BCUT2D eigenvalue weighted by Crippen LogP contribution is -2.66. The summed E-state index contributed by atoms with van der Waals surface area (Å²) in [4.78, 5) is 107. The van der Waals surface area contributed by atoms with Gasteiger partial charge in [-0.15, -0.1) is 11.3 Å². The van der Waals surface area contributed by atoms with E-state index in [2.05, 4.69) is 87.3 Å². The minimum atomic E-state index is -1.00. The van der Waals surface area contributed by atoms with Crippen LogP contribution < -0.4 is 41.7 Å². The number of piperazine rings is 1. The summed E-state index contributed by atoms with van der Waals surface area (Å²) in [7, 11) is 2.09. The van der Waals surface area contributed by atoms with Crippen molar-refractivity contribution in [3.8, 4) is 10.4 Å². The van der Waals surface area contributed by atoms with Crippen LogP contribution in [0.5, 0.6) is 0 Å². The number of carbonyl (C=O) groups is 6. The van der Waals surface area contributed by atoms with Crippen LogP contribution in [0.4, 0.5) is 26.1 Å². The molecule has 5 saturated heterocycles. The van der Waals surface area contributed by atoms with E-state index in [1.54, 1.807) is 16.2 Å². The van der Waals surface area contributed by atoms with Crippen molar-refractivity contribution in [3.05, 3.63) is 82.8 Å². The number of rotatable bonds is 25. The molecule has 6 amide bonds. The summed E-state index contributed by atoms with van der Waals surface area (Å²) < 4.78 is 31.3. The maximum atomic E-state index is 15.8. The molecule has 94 heavy (non-hydrogen) atoms. The van der Waals surface area contributed by atoms with Gasteiger partial charge in [0.1, 0.15) is 41.7 Å². The molecule has 1 unspecified atom stereocenters. The molecule has 512 valence electrons. The fourth-order valence-corrected chi connectivity index (χ4v) is 15.4. The zero-order valence-electron chi connectivity index (χ0n) is 56.2. The van der Waals surface area contributed by atoms with E-state index in [0.29, 0.717) is 114 Å². The van der Waals surface area contributed by atoms with Crippen LogP contribution in [0.25, 0.3) is 10.4 Å². The van der Waals surface area contributed by atoms with Crippen LogP contribution in [-0.2, 0) is 35.3 Å². The van der Waals surface area contributed by atoms with Crippen molar-refractivity contribution >= 4 is 64.1 Å². The summed E-state index contributed by atoms with van der Waals surface area (Å²) in [6.07, 6.45) is 6.99. The predicted molar refractivity (Wildman–Crippen MR) is 360 cm³/mol. The number of nitrogens with one attached hydrogen (secondary N) is 6. The highest BCUT2D eigenvalue weighted by molar-refractivity contribution is 7.13. The molecule has 25 heteroatoms. The van der Waals surface area contributed by atoms with Crippen molar-refractivity contribution < 1.29 is 42.7 Å². The molecule has 0 bridgehead atoms. The molecule has 2 aromatic carbocycles. The Morgan fingerprint density at radius 3 is 2.19 bits per heavy atom. The lowest BCUT2D eigenvalue weighted by Gasteiger charge is -2.48. The topological polar surface area (TPSA) is 253 Å². The van der Waals surface area contributed by atoms with Crippen LogP contribution in [-0.4, -0.2) is 204 Å². The van der Waals surface area contributed by atoms with Crippen LogP contribution in [0.2, 0.25) is 0 Å². The van der Waals surface area contributed by atoms with E-state index in [-0.39, 0.29) is 73.1 Å². The Bertz CT molecular complexity index is 3300. The largest absolute Gasteiger partial charge is 0.391 e. The first-order valence-electron chi connectivity index (χ1n) is 33.9. The zero-order chi connectivity index (χ0) is 67.1. The van der Waals surface area contributed by atoms with Gasteiger partial charge in [0, 0.05) is 128 Å². The molecular weight excluding hydrogens is 1220 g/mol. The van der Waals surface area contributed by atoms with E-state index in [1.165, 1.54) is 23.4 Å². The maximum Gasteiger partial charge on any atom is 0.246 e. The van der Waals surface area contributed by atoms with Gasteiger partial charge in [0.15, 0.2) is 0 Å². The lowest BCUT2D eigenvalue weighted by atomic mass is 9.82. The van der Waals surface area contributed by atoms with Crippen LogP contribution in [0.1, 0.15) is 135 Å². The molecule has 6 fully saturated rings. The highest BCUT2D eigenvalue weighted by Crippen LogP contribution is 2.41. The Kier molecular flexibility index (Phi) is 22.6. The molecule has 7 atom stereocenters. The number of amides is 6. The molecule has 10 rings (SSSR count). The second-order valence-corrected chi connectivity index (χ2v) is 30.1. The number of nitrogens with zero attached hydrogens (tertiary/aromatic N) is 9. The second-order valence-electron chi connectivity index (χ2n) is 29.3. The Labute approximate surface area is 556 Å². The van der Waals surface area contributed by atoms with E-state index in [0.717, 1.165) is 79.4 Å². The van der Waals surface area contributed by atoms with Gasteiger partial charge in [-0.2, -0.15) is 0 Å². The third-order valence-electron chi connectivity index (χ3n) is 20.5. The fourth-order valence-electron chi connectivity index (χ4n) is 14.6.